The second-order valence-corrected chi connectivity index (χ2v) is 17.6. The van der Waals surface area contributed by atoms with E-state index in [-0.39, 0.29) is 55.9 Å². The van der Waals surface area contributed by atoms with Crippen molar-refractivity contribution in [2.24, 2.45) is 11.8 Å². The van der Waals surface area contributed by atoms with Gasteiger partial charge in [-0.2, -0.15) is 8.78 Å². The molecule has 320 valence electrons. The van der Waals surface area contributed by atoms with Gasteiger partial charge in [0.2, 0.25) is 5.60 Å². The molecule has 17 heteroatoms. The number of pyridine rings is 1. The van der Waals surface area contributed by atoms with Gasteiger partial charge in [-0.15, -0.1) is 22.7 Å². The molecule has 3 saturated heterocycles. The lowest BCUT2D eigenvalue weighted by Gasteiger charge is -2.52. The number of amides is 1. The Bertz CT molecular complexity index is 2110. The maximum atomic E-state index is 13.4. The summed E-state index contributed by atoms with van der Waals surface area (Å²) >= 11 is 14.7. The van der Waals surface area contributed by atoms with E-state index < -0.39 is 24.1 Å². The van der Waals surface area contributed by atoms with Crippen LogP contribution in [0, 0.1) is 11.8 Å². The van der Waals surface area contributed by atoms with Gasteiger partial charge >= 0.3 is 12.6 Å². The van der Waals surface area contributed by atoms with Crippen molar-refractivity contribution < 1.29 is 63.9 Å². The maximum Gasteiger partial charge on any atom is 0.387 e. The number of halogens is 5. The molecule has 1 amide bonds. The van der Waals surface area contributed by atoms with Gasteiger partial charge in [0.05, 0.1) is 58.3 Å². The quantitative estimate of drug-likeness (QED) is 0.0639. The molecule has 0 radical (unpaired) electrons. The highest BCUT2D eigenvalue weighted by atomic mass is 79.9. The number of carbonyl (C=O) groups is 2. The predicted octanol–water partition coefficient (Wildman–Crippen LogP) is 6.70. The van der Waals surface area contributed by atoms with E-state index >= 15 is 0 Å². The number of benzene rings is 2. The van der Waals surface area contributed by atoms with Crippen LogP contribution in [0.3, 0.4) is 0 Å². The lowest BCUT2D eigenvalue weighted by atomic mass is 9.83. The van der Waals surface area contributed by atoms with Crippen molar-refractivity contribution in [3.63, 3.8) is 0 Å². The maximum absolute atomic E-state index is 13.4. The van der Waals surface area contributed by atoms with Crippen molar-refractivity contribution in [1.29, 1.82) is 0 Å². The van der Waals surface area contributed by atoms with E-state index in [2.05, 4.69) is 15.0 Å². The van der Waals surface area contributed by atoms with Crippen LogP contribution in [0.1, 0.15) is 52.2 Å². The molecule has 9 rings (SSSR count). The minimum atomic E-state index is -2.99. The van der Waals surface area contributed by atoms with Gasteiger partial charge in [-0.05, 0) is 72.0 Å². The molecule has 2 aromatic carbocycles. The average molecular weight is 968 g/mol. The molecule has 2 N–H and O–H groups in total. The number of hydrogen-bond acceptors (Lipinski definition) is 10. The molecule has 1 saturated carbocycles. The van der Waals surface area contributed by atoms with Gasteiger partial charge in [-0.3, -0.25) is 9.78 Å². The Hall–Kier alpha value is -3.83. The first-order valence-corrected chi connectivity index (χ1v) is 21.9. The number of quaternary nitrogens is 1. The summed E-state index contributed by atoms with van der Waals surface area (Å²) in [5.41, 5.74) is -1.34. The van der Waals surface area contributed by atoms with Gasteiger partial charge in [-0.25, -0.2) is 4.79 Å². The fraction of sp³-hybridized carbons (Fsp3) is 0.372. The molecule has 1 atom stereocenters. The Kier molecular flexibility index (Phi) is 15.9. The number of fused-ring (bicyclic) bond motifs is 3. The normalized spacial score (nSPS) is 19.4. The monoisotopic (exact) mass is 965 g/mol. The Morgan fingerprint density at radius 1 is 0.900 bits per heavy atom. The number of aliphatic hydroxyl groups is 1. The number of thiophene rings is 2. The van der Waals surface area contributed by atoms with Crippen LogP contribution in [-0.2, 0) is 15.1 Å². The molecule has 3 aliphatic heterocycles. The van der Waals surface area contributed by atoms with E-state index in [0.717, 1.165) is 68.5 Å². The molecular formula is C43H44BrCl2F2N3O7S2. The zero-order chi connectivity index (χ0) is 41.4. The minimum Gasteiger partial charge on any atom is -1.00 e. The largest absolute Gasteiger partial charge is 1.00 e. The van der Waals surface area contributed by atoms with Crippen LogP contribution in [-0.4, -0.2) is 78.6 Å². The number of para-hydroxylation sites is 1. The molecule has 0 spiro atoms. The van der Waals surface area contributed by atoms with Crippen LogP contribution in [0.15, 0.2) is 96.0 Å². The van der Waals surface area contributed by atoms with Crippen LogP contribution in [0.2, 0.25) is 10.0 Å². The summed E-state index contributed by atoms with van der Waals surface area (Å²) < 4.78 is 48.1. The Morgan fingerprint density at radius 2 is 1.57 bits per heavy atom. The Labute approximate surface area is 375 Å². The van der Waals surface area contributed by atoms with E-state index in [1.54, 1.807) is 0 Å². The van der Waals surface area contributed by atoms with Crippen LogP contribution >= 0.6 is 45.9 Å². The summed E-state index contributed by atoms with van der Waals surface area (Å²) in [5, 5.41) is 18.3. The second-order valence-electron chi connectivity index (χ2n) is 14.9. The summed E-state index contributed by atoms with van der Waals surface area (Å²) in [4.78, 5) is 30.9. The summed E-state index contributed by atoms with van der Waals surface area (Å²) in [7, 11) is 0. The third-order valence-electron chi connectivity index (χ3n) is 10.8. The number of nitrogens with zero attached hydrogens (tertiary/aromatic N) is 2. The number of nitrogens with one attached hydrogen (secondary N) is 1. The number of hydrogen-bond donors (Lipinski definition) is 2. The third kappa shape index (κ3) is 11.3. The zero-order valence-corrected chi connectivity index (χ0v) is 37.1. The van der Waals surface area contributed by atoms with Crippen molar-refractivity contribution in [3.8, 4) is 17.2 Å². The summed E-state index contributed by atoms with van der Waals surface area (Å²) in [6.45, 7) is 2.18. The second kappa shape index (κ2) is 20.8. The van der Waals surface area contributed by atoms with Crippen molar-refractivity contribution in [2.75, 3.05) is 44.7 Å². The smallest absolute Gasteiger partial charge is 0.387 e. The van der Waals surface area contributed by atoms with Crippen LogP contribution in [0.5, 0.6) is 17.2 Å². The molecule has 10 nitrogen and oxygen atoms in total. The Balaban J connectivity index is 0.000000204. The SMILES string of the molecule is O=C(Nc1c(Cl)cncc1Cl)c1ccc(OC(F)F)c(OCC2CC2)c1.O=C(O[C@H]1C[N+]2(CCCOc3ccccc3)CCC1CC2)C(O)(c1cccs1)c1cccs1.[Br-]. The van der Waals surface area contributed by atoms with E-state index in [0.29, 0.717) is 34.8 Å². The number of ether oxygens (including phenoxy) is 4. The summed E-state index contributed by atoms with van der Waals surface area (Å²) in [6, 6.07) is 21.2. The van der Waals surface area contributed by atoms with Gasteiger partial charge in [0.1, 0.15) is 12.3 Å². The summed E-state index contributed by atoms with van der Waals surface area (Å²) in [6.07, 6.45) is 7.69. The van der Waals surface area contributed by atoms with Crippen molar-refractivity contribution in [2.45, 2.75) is 50.4 Å². The van der Waals surface area contributed by atoms with Gasteiger partial charge < -0.3 is 50.8 Å². The highest BCUT2D eigenvalue weighted by Crippen LogP contribution is 2.41. The number of alkyl halides is 2. The number of carbonyl (C=O) groups excluding carboxylic acids is 2. The van der Waals surface area contributed by atoms with Crippen molar-refractivity contribution >= 4 is 63.4 Å². The molecule has 60 heavy (non-hydrogen) atoms. The van der Waals surface area contributed by atoms with Gasteiger partial charge in [-0.1, -0.05) is 53.5 Å². The van der Waals surface area contributed by atoms with Gasteiger partial charge in [0.15, 0.2) is 17.6 Å². The van der Waals surface area contributed by atoms with E-state index in [1.165, 1.54) is 53.3 Å². The molecule has 0 unspecified atom stereocenters. The van der Waals surface area contributed by atoms with Crippen LogP contribution in [0.25, 0.3) is 0 Å². The van der Waals surface area contributed by atoms with E-state index in [1.807, 2.05) is 65.4 Å². The van der Waals surface area contributed by atoms with E-state index in [9.17, 15) is 23.5 Å². The number of rotatable bonds is 16. The standard InChI is InChI=1S/C26H30NO4S2.C17H14Cl2F2N2O3.BrH/c28-25(26(29,23-9-4-17-32-23)24-10-5-18-33-24)31-22-19-27(14-11-20(22)12-15-27)13-6-16-30-21-7-2-1-3-8-21;18-11-6-22-7-12(19)15(11)23-16(24)10-3-4-13(26-17(20)21)14(5-10)25-8-9-1-2-9;/h1-5,7-10,17-18,20,22,29H,6,11-16,19H2;3-7,9,17H,1-2,8H2,(H,22,23,24);1H/q+1;;/p-1/t20?,22-,27?;;/m0../s1. The molecule has 4 aliphatic rings. The molecular weight excluding hydrogens is 923 g/mol. The average Bonchev–Trinajstić information content (AvgIpc) is 3.61. The van der Waals surface area contributed by atoms with Gasteiger partial charge in [0, 0.05) is 43.1 Å². The highest BCUT2D eigenvalue weighted by Gasteiger charge is 2.51. The topological polar surface area (TPSA) is 116 Å². The lowest BCUT2D eigenvalue weighted by molar-refractivity contribution is -0.946. The lowest BCUT2D eigenvalue weighted by Crippen LogP contribution is -3.00. The number of aromatic nitrogens is 1. The van der Waals surface area contributed by atoms with Crippen LogP contribution < -0.4 is 36.5 Å². The fourth-order valence-electron chi connectivity index (χ4n) is 7.45. The van der Waals surface area contributed by atoms with Crippen molar-refractivity contribution in [3.05, 3.63) is 121 Å². The first-order chi connectivity index (χ1) is 28.5. The predicted molar refractivity (Wildman–Crippen MR) is 224 cm³/mol. The molecule has 3 aromatic heterocycles. The molecule has 2 bridgehead atoms. The van der Waals surface area contributed by atoms with Crippen LogP contribution in [0.4, 0.5) is 14.5 Å². The highest BCUT2D eigenvalue weighted by molar-refractivity contribution is 7.12. The molecule has 6 heterocycles. The number of esters is 1. The molecule has 5 aromatic rings. The van der Waals surface area contributed by atoms with E-state index in [4.69, 9.17) is 37.4 Å². The number of piperidine rings is 3. The summed E-state index contributed by atoms with van der Waals surface area (Å²) in [5.74, 6) is 0.570. The molecule has 4 fully saturated rings. The first-order valence-electron chi connectivity index (χ1n) is 19.4. The first kappa shape index (κ1) is 45.7. The fourth-order valence-corrected chi connectivity index (χ4v) is 9.63. The minimum absolute atomic E-state index is 0. The zero-order valence-electron chi connectivity index (χ0n) is 32.3. The Morgan fingerprint density at radius 3 is 2.17 bits per heavy atom. The third-order valence-corrected chi connectivity index (χ3v) is 13.4. The van der Waals surface area contributed by atoms with Gasteiger partial charge in [0.25, 0.3) is 5.91 Å². The molecule has 1 aliphatic carbocycles. The number of anilines is 1. The van der Waals surface area contributed by atoms with Crippen molar-refractivity contribution in [1.82, 2.24) is 4.98 Å².